The van der Waals surface area contributed by atoms with Crippen molar-refractivity contribution in [1.29, 1.82) is 0 Å². The molecular weight excluding hydrogens is 304 g/mol. The molecule has 5 nitrogen and oxygen atoms in total. The van der Waals surface area contributed by atoms with Gasteiger partial charge in [-0.2, -0.15) is 0 Å². The molecule has 21 heavy (non-hydrogen) atoms. The van der Waals surface area contributed by atoms with E-state index >= 15 is 0 Å². The molecular formula is C14H22N4OS2. The molecule has 2 rings (SSSR count). The molecule has 7 heteroatoms. The Hall–Kier alpha value is -1.08. The lowest BCUT2D eigenvalue weighted by molar-refractivity contribution is -0.132. The van der Waals surface area contributed by atoms with E-state index in [1.807, 2.05) is 0 Å². The van der Waals surface area contributed by atoms with Crippen LogP contribution in [0.3, 0.4) is 0 Å². The molecule has 2 heterocycles. The Labute approximate surface area is 134 Å². The van der Waals surface area contributed by atoms with Gasteiger partial charge in [-0.15, -0.1) is 16.8 Å². The Bertz CT molecular complexity index is 477. The van der Waals surface area contributed by atoms with E-state index in [1.165, 1.54) is 29.5 Å². The molecule has 1 aliphatic heterocycles. The summed E-state index contributed by atoms with van der Waals surface area (Å²) in [7, 11) is 0. The van der Waals surface area contributed by atoms with Crippen molar-refractivity contribution in [3.05, 3.63) is 12.7 Å². The summed E-state index contributed by atoms with van der Waals surface area (Å²) >= 11 is 2.96. The van der Waals surface area contributed by atoms with Gasteiger partial charge >= 0.3 is 0 Å². The van der Waals surface area contributed by atoms with Crippen molar-refractivity contribution >= 4 is 34.1 Å². The number of likely N-dealkylation sites (tertiary alicyclic amines) is 1. The van der Waals surface area contributed by atoms with Crippen LogP contribution in [0.25, 0.3) is 0 Å². The number of thioether (sulfide) groups is 1. The fourth-order valence-corrected chi connectivity index (χ4v) is 4.10. The van der Waals surface area contributed by atoms with Gasteiger partial charge < -0.3 is 10.2 Å². The highest BCUT2D eigenvalue weighted by Gasteiger charge is 2.25. The van der Waals surface area contributed by atoms with Crippen LogP contribution in [0.4, 0.5) is 5.13 Å². The van der Waals surface area contributed by atoms with Crippen molar-refractivity contribution in [3.8, 4) is 0 Å². The zero-order valence-corrected chi connectivity index (χ0v) is 14.0. The first-order valence-corrected chi connectivity index (χ1v) is 9.15. The van der Waals surface area contributed by atoms with Crippen LogP contribution in [0.5, 0.6) is 0 Å². The number of hydrogen-bond acceptors (Lipinski definition) is 6. The minimum absolute atomic E-state index is 0.224. The first-order valence-electron chi connectivity index (χ1n) is 7.35. The number of carbonyl (C=O) groups is 1. The maximum Gasteiger partial charge on any atom is 0.233 e. The average Bonchev–Trinajstić information content (AvgIpc) is 2.98. The second-order valence-electron chi connectivity index (χ2n) is 4.98. The van der Waals surface area contributed by atoms with E-state index in [0.29, 0.717) is 18.3 Å². The van der Waals surface area contributed by atoms with Gasteiger partial charge in [0.15, 0.2) is 4.34 Å². The van der Waals surface area contributed by atoms with Crippen molar-refractivity contribution in [1.82, 2.24) is 15.1 Å². The average molecular weight is 326 g/mol. The predicted molar refractivity (Wildman–Crippen MR) is 89.0 cm³/mol. The summed E-state index contributed by atoms with van der Waals surface area (Å²) < 4.78 is 0.833. The van der Waals surface area contributed by atoms with Crippen LogP contribution in [0.2, 0.25) is 0 Å². The lowest BCUT2D eigenvalue weighted by Crippen LogP contribution is -2.44. The summed E-state index contributed by atoms with van der Waals surface area (Å²) in [6, 6.07) is 0.422. The standard InChI is InChI=1S/C14H22N4OS2/c1-3-8-15-13-16-17-14(21-13)20-10-12(19)18-9-6-5-7-11(18)4-2/h3,11H,1,4-10H2,2H3,(H,15,16)/t11-/m1/s1. The second-order valence-corrected chi connectivity index (χ2v) is 7.18. The highest BCUT2D eigenvalue weighted by atomic mass is 32.2. The zero-order chi connectivity index (χ0) is 15.1. The molecule has 1 fully saturated rings. The quantitative estimate of drug-likeness (QED) is 0.616. The van der Waals surface area contributed by atoms with Crippen molar-refractivity contribution in [2.75, 3.05) is 24.2 Å². The van der Waals surface area contributed by atoms with Gasteiger partial charge in [0.2, 0.25) is 11.0 Å². The summed E-state index contributed by atoms with van der Waals surface area (Å²) in [6.45, 7) is 7.38. The number of nitrogens with one attached hydrogen (secondary N) is 1. The smallest absolute Gasteiger partial charge is 0.233 e. The molecule has 1 saturated heterocycles. The fourth-order valence-electron chi connectivity index (χ4n) is 2.46. The number of anilines is 1. The van der Waals surface area contributed by atoms with Gasteiger partial charge in [-0.25, -0.2) is 0 Å². The predicted octanol–water partition coefficient (Wildman–Crippen LogP) is 3.02. The highest BCUT2D eigenvalue weighted by Crippen LogP contribution is 2.27. The van der Waals surface area contributed by atoms with Gasteiger partial charge in [0.1, 0.15) is 0 Å². The lowest BCUT2D eigenvalue weighted by Gasteiger charge is -2.35. The Morgan fingerprint density at radius 2 is 2.43 bits per heavy atom. The van der Waals surface area contributed by atoms with Crippen LogP contribution in [-0.4, -0.2) is 45.9 Å². The third-order valence-electron chi connectivity index (χ3n) is 3.54. The molecule has 0 radical (unpaired) electrons. The normalized spacial score (nSPS) is 18.5. The molecule has 1 atom stereocenters. The third-order valence-corrected chi connectivity index (χ3v) is 5.54. The van der Waals surface area contributed by atoms with Crippen LogP contribution >= 0.6 is 23.1 Å². The Morgan fingerprint density at radius 1 is 1.57 bits per heavy atom. The molecule has 1 aromatic rings. The molecule has 116 valence electrons. The van der Waals surface area contributed by atoms with E-state index < -0.39 is 0 Å². The van der Waals surface area contributed by atoms with Gasteiger partial charge in [0, 0.05) is 19.1 Å². The highest BCUT2D eigenvalue weighted by molar-refractivity contribution is 8.01. The third kappa shape index (κ3) is 4.71. The van der Waals surface area contributed by atoms with E-state index in [1.54, 1.807) is 6.08 Å². The number of nitrogens with zero attached hydrogens (tertiary/aromatic N) is 3. The SMILES string of the molecule is C=CCNc1nnc(SCC(=O)N2CCCC[C@H]2CC)s1. The summed E-state index contributed by atoms with van der Waals surface area (Å²) in [5.41, 5.74) is 0. The van der Waals surface area contributed by atoms with Gasteiger partial charge in [-0.3, -0.25) is 4.79 Å². The number of carbonyl (C=O) groups excluding carboxylic acids is 1. The van der Waals surface area contributed by atoms with E-state index in [-0.39, 0.29) is 5.91 Å². The van der Waals surface area contributed by atoms with Crippen molar-refractivity contribution in [2.45, 2.75) is 43.0 Å². The number of hydrogen-bond donors (Lipinski definition) is 1. The monoisotopic (exact) mass is 326 g/mol. The lowest BCUT2D eigenvalue weighted by atomic mass is 10.0. The van der Waals surface area contributed by atoms with Crippen LogP contribution in [0, 0.1) is 0 Å². The van der Waals surface area contributed by atoms with E-state index in [9.17, 15) is 4.79 Å². The first-order chi connectivity index (χ1) is 10.2. The van der Waals surface area contributed by atoms with Crippen LogP contribution in [0.15, 0.2) is 17.0 Å². The molecule has 1 N–H and O–H groups in total. The van der Waals surface area contributed by atoms with Gasteiger partial charge in [-0.1, -0.05) is 36.1 Å². The maximum atomic E-state index is 12.4. The van der Waals surface area contributed by atoms with Crippen LogP contribution in [0.1, 0.15) is 32.6 Å². The molecule has 1 aliphatic rings. The van der Waals surface area contributed by atoms with Crippen molar-refractivity contribution in [2.24, 2.45) is 0 Å². The molecule has 0 saturated carbocycles. The number of amides is 1. The first kappa shape index (κ1) is 16.3. The summed E-state index contributed by atoms with van der Waals surface area (Å²) in [4.78, 5) is 14.4. The minimum atomic E-state index is 0.224. The van der Waals surface area contributed by atoms with E-state index in [4.69, 9.17) is 0 Å². The Morgan fingerprint density at radius 3 is 3.19 bits per heavy atom. The number of aromatic nitrogens is 2. The summed E-state index contributed by atoms with van der Waals surface area (Å²) in [6.07, 6.45) is 6.33. The van der Waals surface area contributed by atoms with Crippen LogP contribution < -0.4 is 5.32 Å². The Balaban J connectivity index is 1.82. The van der Waals surface area contributed by atoms with Crippen molar-refractivity contribution in [3.63, 3.8) is 0 Å². The largest absolute Gasteiger partial charge is 0.357 e. The second kappa shape index (κ2) is 8.38. The van der Waals surface area contributed by atoms with Gasteiger partial charge in [-0.05, 0) is 25.7 Å². The molecule has 0 aliphatic carbocycles. The molecule has 0 aromatic carbocycles. The molecule has 0 spiro atoms. The van der Waals surface area contributed by atoms with E-state index in [0.717, 1.165) is 35.3 Å². The maximum absolute atomic E-state index is 12.4. The molecule has 0 bridgehead atoms. The zero-order valence-electron chi connectivity index (χ0n) is 12.4. The van der Waals surface area contributed by atoms with Crippen molar-refractivity contribution < 1.29 is 4.79 Å². The minimum Gasteiger partial charge on any atom is -0.357 e. The number of piperidine rings is 1. The summed E-state index contributed by atoms with van der Waals surface area (Å²) in [5, 5.41) is 12.0. The Kier molecular flexibility index (Phi) is 6.50. The van der Waals surface area contributed by atoms with Gasteiger partial charge in [0.05, 0.1) is 5.75 Å². The molecule has 0 unspecified atom stereocenters. The molecule has 1 amide bonds. The van der Waals surface area contributed by atoms with Gasteiger partial charge in [0.25, 0.3) is 0 Å². The number of rotatable bonds is 7. The van der Waals surface area contributed by atoms with Crippen LogP contribution in [-0.2, 0) is 4.79 Å². The van der Waals surface area contributed by atoms with E-state index in [2.05, 4.69) is 33.9 Å². The summed E-state index contributed by atoms with van der Waals surface area (Å²) in [5.74, 6) is 0.675. The topological polar surface area (TPSA) is 58.1 Å². The fraction of sp³-hybridized carbons (Fsp3) is 0.643. The molecule has 1 aromatic heterocycles.